The molecule has 2 rings (SSSR count). The van der Waals surface area contributed by atoms with Gasteiger partial charge in [0, 0.05) is 15.7 Å². The van der Waals surface area contributed by atoms with Crippen molar-refractivity contribution in [3.63, 3.8) is 0 Å². The number of carbonyl (C=O) groups is 1. The van der Waals surface area contributed by atoms with Crippen LogP contribution in [-0.2, 0) is 10.2 Å². The van der Waals surface area contributed by atoms with Gasteiger partial charge in [0.2, 0.25) is 0 Å². The molecule has 3 nitrogen and oxygen atoms in total. The van der Waals surface area contributed by atoms with Crippen molar-refractivity contribution in [1.82, 2.24) is 0 Å². The highest BCUT2D eigenvalue weighted by molar-refractivity contribution is 7.10. The van der Waals surface area contributed by atoms with Gasteiger partial charge in [-0.3, -0.25) is 0 Å². The van der Waals surface area contributed by atoms with Crippen LogP contribution in [0.5, 0.6) is 0 Å². The third-order valence-corrected chi connectivity index (χ3v) is 4.81. The van der Waals surface area contributed by atoms with Crippen molar-refractivity contribution < 1.29 is 14.6 Å². The summed E-state index contributed by atoms with van der Waals surface area (Å²) in [5.41, 5.74) is 0.558. The summed E-state index contributed by atoms with van der Waals surface area (Å²) in [6, 6.07) is 1.85. The Morgan fingerprint density at radius 1 is 1.62 bits per heavy atom. The molecule has 0 aliphatic heterocycles. The summed E-state index contributed by atoms with van der Waals surface area (Å²) < 4.78 is 4.67. The minimum atomic E-state index is -0.311. The van der Waals surface area contributed by atoms with E-state index in [0.29, 0.717) is 5.56 Å². The van der Waals surface area contributed by atoms with Gasteiger partial charge in [0.05, 0.1) is 19.3 Å². The normalized spacial score (nSPS) is 26.5. The van der Waals surface area contributed by atoms with Crippen LogP contribution in [0.25, 0.3) is 0 Å². The number of esters is 1. The Bertz CT molecular complexity index is 422. The fraction of sp³-hybridized carbons (Fsp3) is 0.583. The van der Waals surface area contributed by atoms with E-state index in [1.54, 1.807) is 5.38 Å². The van der Waals surface area contributed by atoms with Crippen LogP contribution in [0, 0.1) is 5.41 Å². The van der Waals surface area contributed by atoms with Gasteiger partial charge >= 0.3 is 5.97 Å². The van der Waals surface area contributed by atoms with Gasteiger partial charge in [-0.05, 0) is 17.9 Å². The SMILES string of the molecule is COC(=O)c1csc(C2(CO)CC2(C)C)c1. The fourth-order valence-electron chi connectivity index (χ4n) is 2.29. The molecule has 4 heteroatoms. The quantitative estimate of drug-likeness (QED) is 0.824. The topological polar surface area (TPSA) is 46.5 Å². The van der Waals surface area contributed by atoms with Crippen molar-refractivity contribution in [2.75, 3.05) is 13.7 Å². The molecule has 1 saturated carbocycles. The molecule has 0 amide bonds. The molecule has 1 aliphatic rings. The summed E-state index contributed by atoms with van der Waals surface area (Å²) in [5.74, 6) is -0.311. The van der Waals surface area contributed by atoms with Gasteiger partial charge in [-0.2, -0.15) is 0 Å². The number of hydrogen-bond donors (Lipinski definition) is 1. The largest absolute Gasteiger partial charge is 0.465 e. The Kier molecular flexibility index (Phi) is 2.59. The molecular weight excluding hydrogens is 224 g/mol. The first-order chi connectivity index (χ1) is 7.47. The number of ether oxygens (including phenoxy) is 1. The summed E-state index contributed by atoms with van der Waals surface area (Å²) in [7, 11) is 1.38. The predicted octanol–water partition coefficient (Wildman–Crippen LogP) is 2.19. The number of aliphatic hydroxyl groups excluding tert-OH is 1. The average molecular weight is 240 g/mol. The number of hydrogen-bond acceptors (Lipinski definition) is 4. The molecule has 0 radical (unpaired) electrons. The van der Waals surface area contributed by atoms with Crippen molar-refractivity contribution >= 4 is 17.3 Å². The first-order valence-corrected chi connectivity index (χ1v) is 6.13. The summed E-state index contributed by atoms with van der Waals surface area (Å²) in [6.07, 6.45) is 0.970. The Labute approximate surface area is 99.1 Å². The molecule has 0 spiro atoms. The van der Waals surface area contributed by atoms with Crippen molar-refractivity contribution in [2.45, 2.75) is 25.7 Å². The van der Waals surface area contributed by atoms with E-state index in [0.717, 1.165) is 11.3 Å². The Balaban J connectivity index is 2.29. The van der Waals surface area contributed by atoms with Gasteiger partial charge in [-0.25, -0.2) is 4.79 Å². The zero-order chi connectivity index (χ0) is 12.0. The highest BCUT2D eigenvalue weighted by atomic mass is 32.1. The fourth-order valence-corrected chi connectivity index (χ4v) is 3.54. The lowest BCUT2D eigenvalue weighted by Crippen LogP contribution is -2.17. The maximum Gasteiger partial charge on any atom is 0.338 e. The van der Waals surface area contributed by atoms with Gasteiger partial charge in [-0.1, -0.05) is 13.8 Å². The van der Waals surface area contributed by atoms with E-state index in [2.05, 4.69) is 18.6 Å². The second-order valence-electron chi connectivity index (χ2n) is 4.99. The molecule has 0 bridgehead atoms. The predicted molar refractivity (Wildman–Crippen MR) is 62.8 cm³/mol. The molecule has 16 heavy (non-hydrogen) atoms. The van der Waals surface area contributed by atoms with E-state index in [1.165, 1.54) is 18.4 Å². The molecule has 1 atom stereocenters. The third-order valence-electron chi connectivity index (χ3n) is 3.68. The minimum absolute atomic E-state index is 0.125. The first kappa shape index (κ1) is 11.6. The Hall–Kier alpha value is -0.870. The third kappa shape index (κ3) is 1.48. The molecule has 0 saturated heterocycles. The monoisotopic (exact) mass is 240 g/mol. The summed E-state index contributed by atoms with van der Waals surface area (Å²) in [6.45, 7) is 4.42. The Morgan fingerprint density at radius 3 is 2.69 bits per heavy atom. The van der Waals surface area contributed by atoms with E-state index in [4.69, 9.17) is 0 Å². The minimum Gasteiger partial charge on any atom is -0.465 e. The number of thiophene rings is 1. The molecule has 88 valence electrons. The number of aliphatic hydroxyl groups is 1. The van der Waals surface area contributed by atoms with Gasteiger partial charge < -0.3 is 9.84 Å². The van der Waals surface area contributed by atoms with Crippen molar-refractivity contribution in [3.05, 3.63) is 21.9 Å². The molecule has 0 aromatic carbocycles. The van der Waals surface area contributed by atoms with Gasteiger partial charge in [-0.15, -0.1) is 11.3 Å². The standard InChI is InChI=1S/C12H16O3S/c1-11(2)6-12(11,7-13)9-4-8(5-16-9)10(14)15-3/h4-5,13H,6-7H2,1-3H3. The summed E-state index contributed by atoms with van der Waals surface area (Å²) in [4.78, 5) is 12.4. The van der Waals surface area contributed by atoms with E-state index in [1.807, 2.05) is 6.07 Å². The number of carbonyl (C=O) groups excluding carboxylic acids is 1. The highest BCUT2D eigenvalue weighted by Gasteiger charge is 2.62. The highest BCUT2D eigenvalue weighted by Crippen LogP contribution is 2.65. The number of methoxy groups -OCH3 is 1. The van der Waals surface area contributed by atoms with Gasteiger partial charge in [0.1, 0.15) is 0 Å². The lowest BCUT2D eigenvalue weighted by atomic mass is 9.95. The van der Waals surface area contributed by atoms with Crippen molar-refractivity contribution in [1.29, 1.82) is 0 Å². The Morgan fingerprint density at radius 2 is 2.25 bits per heavy atom. The molecule has 1 fully saturated rings. The molecule has 1 unspecified atom stereocenters. The average Bonchev–Trinajstić information content (AvgIpc) is 2.68. The molecule has 1 aromatic heterocycles. The maximum atomic E-state index is 11.3. The van der Waals surface area contributed by atoms with Crippen LogP contribution in [0.4, 0.5) is 0 Å². The maximum absolute atomic E-state index is 11.3. The van der Waals surface area contributed by atoms with E-state index in [9.17, 15) is 9.90 Å². The van der Waals surface area contributed by atoms with Gasteiger partial charge in [0.15, 0.2) is 0 Å². The molecule has 1 N–H and O–H groups in total. The molecule has 1 heterocycles. The van der Waals surface area contributed by atoms with E-state index < -0.39 is 0 Å². The first-order valence-electron chi connectivity index (χ1n) is 5.25. The van der Waals surface area contributed by atoms with Crippen LogP contribution in [0.3, 0.4) is 0 Å². The van der Waals surface area contributed by atoms with Crippen LogP contribution in [0.15, 0.2) is 11.4 Å². The van der Waals surface area contributed by atoms with E-state index in [-0.39, 0.29) is 23.4 Å². The zero-order valence-electron chi connectivity index (χ0n) is 9.74. The van der Waals surface area contributed by atoms with Crippen LogP contribution in [-0.4, -0.2) is 24.8 Å². The van der Waals surface area contributed by atoms with Crippen LogP contribution in [0.2, 0.25) is 0 Å². The molecular formula is C12H16O3S. The van der Waals surface area contributed by atoms with Gasteiger partial charge in [0.25, 0.3) is 0 Å². The van der Waals surface area contributed by atoms with Crippen molar-refractivity contribution in [3.8, 4) is 0 Å². The summed E-state index contributed by atoms with van der Waals surface area (Å²) >= 11 is 1.53. The van der Waals surface area contributed by atoms with Crippen LogP contribution >= 0.6 is 11.3 Å². The van der Waals surface area contributed by atoms with Crippen LogP contribution < -0.4 is 0 Å². The zero-order valence-corrected chi connectivity index (χ0v) is 10.6. The van der Waals surface area contributed by atoms with Crippen LogP contribution in [0.1, 0.15) is 35.5 Å². The van der Waals surface area contributed by atoms with E-state index >= 15 is 0 Å². The second-order valence-corrected chi connectivity index (χ2v) is 5.90. The summed E-state index contributed by atoms with van der Waals surface area (Å²) in [5, 5.41) is 11.3. The molecule has 1 aliphatic carbocycles. The van der Waals surface area contributed by atoms with Crippen molar-refractivity contribution in [2.24, 2.45) is 5.41 Å². The lowest BCUT2D eigenvalue weighted by molar-refractivity contribution is 0.0601. The molecule has 1 aromatic rings. The number of rotatable bonds is 3. The lowest BCUT2D eigenvalue weighted by Gasteiger charge is -2.15. The smallest absolute Gasteiger partial charge is 0.338 e. The second kappa shape index (κ2) is 3.57.